The molecule has 0 unspecified atom stereocenters. The third-order valence-electron chi connectivity index (χ3n) is 3.71. The second kappa shape index (κ2) is 5.20. The van der Waals surface area contributed by atoms with Crippen LogP contribution in [0.3, 0.4) is 0 Å². The maximum atomic E-state index is 5.91. The summed E-state index contributed by atoms with van der Waals surface area (Å²) in [6, 6.07) is 0.290. The fraction of sp³-hybridized carbons (Fsp3) is 0.692. The van der Waals surface area contributed by atoms with E-state index < -0.39 is 0 Å². The topological polar surface area (TPSA) is 70.3 Å². The van der Waals surface area contributed by atoms with Crippen LogP contribution in [0.15, 0.2) is 12.4 Å². The van der Waals surface area contributed by atoms with E-state index in [2.05, 4.69) is 9.97 Å². The van der Waals surface area contributed by atoms with Crippen molar-refractivity contribution in [3.63, 3.8) is 0 Å². The zero-order valence-corrected chi connectivity index (χ0v) is 10.4. The number of nitrogens with two attached hydrogens (primary N) is 1. The first-order valence-electron chi connectivity index (χ1n) is 6.64. The van der Waals surface area contributed by atoms with Gasteiger partial charge in [0.15, 0.2) is 0 Å². The molecule has 0 bridgehead atoms. The molecule has 1 aliphatic heterocycles. The summed E-state index contributed by atoms with van der Waals surface area (Å²) in [6.45, 7) is 1.60. The lowest BCUT2D eigenvalue weighted by Crippen LogP contribution is -2.43. The van der Waals surface area contributed by atoms with Crippen molar-refractivity contribution in [3.05, 3.63) is 18.1 Å². The molecule has 5 nitrogen and oxygen atoms in total. The van der Waals surface area contributed by atoms with Gasteiger partial charge in [-0.1, -0.05) is 0 Å². The number of ether oxygens (including phenoxy) is 2. The standard InChI is InChI=1S/C13H19N3O2/c14-10-7-11(8-10)18-13-12(15-3-4-16-13)9-1-5-17-6-2-9/h3-4,9-11H,1-2,5-8,14H2. The molecule has 18 heavy (non-hydrogen) atoms. The zero-order valence-electron chi connectivity index (χ0n) is 10.4. The van der Waals surface area contributed by atoms with Crippen molar-refractivity contribution < 1.29 is 9.47 Å². The molecule has 1 aromatic heterocycles. The van der Waals surface area contributed by atoms with Crippen molar-refractivity contribution in [3.8, 4) is 5.88 Å². The van der Waals surface area contributed by atoms with E-state index >= 15 is 0 Å². The molecule has 0 radical (unpaired) electrons. The molecule has 2 fully saturated rings. The third-order valence-corrected chi connectivity index (χ3v) is 3.71. The summed E-state index contributed by atoms with van der Waals surface area (Å²) in [6.07, 6.45) is 7.49. The molecule has 98 valence electrons. The van der Waals surface area contributed by atoms with Crippen LogP contribution in [0, 0.1) is 0 Å². The second-order valence-electron chi connectivity index (χ2n) is 5.10. The molecule has 2 N–H and O–H groups in total. The normalized spacial score (nSPS) is 28.7. The average molecular weight is 249 g/mol. The van der Waals surface area contributed by atoms with E-state index in [1.54, 1.807) is 12.4 Å². The van der Waals surface area contributed by atoms with Crippen LogP contribution in [-0.2, 0) is 4.74 Å². The molecule has 1 saturated heterocycles. The van der Waals surface area contributed by atoms with Gasteiger partial charge in [-0.2, -0.15) is 0 Å². The van der Waals surface area contributed by atoms with Crippen molar-refractivity contribution in [2.75, 3.05) is 13.2 Å². The monoisotopic (exact) mass is 249 g/mol. The molecular formula is C13H19N3O2. The van der Waals surface area contributed by atoms with Crippen LogP contribution in [-0.4, -0.2) is 35.3 Å². The van der Waals surface area contributed by atoms with Crippen molar-refractivity contribution in [1.29, 1.82) is 0 Å². The van der Waals surface area contributed by atoms with E-state index in [9.17, 15) is 0 Å². The van der Waals surface area contributed by atoms with Gasteiger partial charge in [0, 0.05) is 37.6 Å². The summed E-state index contributed by atoms with van der Waals surface area (Å²) >= 11 is 0. The summed E-state index contributed by atoms with van der Waals surface area (Å²) in [7, 11) is 0. The van der Waals surface area contributed by atoms with Crippen LogP contribution in [0.2, 0.25) is 0 Å². The summed E-state index contributed by atoms with van der Waals surface area (Å²) in [5.41, 5.74) is 6.76. The van der Waals surface area contributed by atoms with E-state index in [0.29, 0.717) is 17.8 Å². The summed E-state index contributed by atoms with van der Waals surface area (Å²) < 4.78 is 11.3. The average Bonchev–Trinajstić information content (AvgIpc) is 2.39. The van der Waals surface area contributed by atoms with Crippen molar-refractivity contribution in [2.24, 2.45) is 5.73 Å². The molecule has 3 rings (SSSR count). The molecule has 1 aliphatic carbocycles. The lowest BCUT2D eigenvalue weighted by Gasteiger charge is -2.33. The van der Waals surface area contributed by atoms with E-state index in [0.717, 1.165) is 44.6 Å². The van der Waals surface area contributed by atoms with Crippen LogP contribution < -0.4 is 10.5 Å². The van der Waals surface area contributed by atoms with E-state index in [-0.39, 0.29) is 6.10 Å². The Morgan fingerprint density at radius 2 is 1.89 bits per heavy atom. The minimum Gasteiger partial charge on any atom is -0.473 e. The Morgan fingerprint density at radius 3 is 2.61 bits per heavy atom. The molecule has 0 atom stereocenters. The highest BCUT2D eigenvalue weighted by atomic mass is 16.5. The quantitative estimate of drug-likeness (QED) is 0.872. The highest BCUT2D eigenvalue weighted by Gasteiger charge is 2.30. The van der Waals surface area contributed by atoms with E-state index in [4.69, 9.17) is 15.2 Å². The third kappa shape index (κ3) is 2.47. The Labute approximate surface area is 107 Å². The Hall–Kier alpha value is -1.20. The highest BCUT2D eigenvalue weighted by Crippen LogP contribution is 2.32. The predicted molar refractivity (Wildman–Crippen MR) is 66.5 cm³/mol. The minimum absolute atomic E-state index is 0.218. The number of hydrogen-bond donors (Lipinski definition) is 1. The molecule has 0 aromatic carbocycles. The molecule has 0 amide bonds. The van der Waals surface area contributed by atoms with Crippen molar-refractivity contribution >= 4 is 0 Å². The van der Waals surface area contributed by atoms with Crippen LogP contribution in [0.4, 0.5) is 0 Å². The SMILES string of the molecule is NC1CC(Oc2nccnc2C2CCOCC2)C1. The first-order valence-corrected chi connectivity index (χ1v) is 6.64. The lowest BCUT2D eigenvalue weighted by atomic mass is 9.90. The smallest absolute Gasteiger partial charge is 0.236 e. The van der Waals surface area contributed by atoms with Gasteiger partial charge >= 0.3 is 0 Å². The first kappa shape index (κ1) is 11.9. The van der Waals surface area contributed by atoms with Gasteiger partial charge in [0.25, 0.3) is 0 Å². The molecule has 2 heterocycles. The Balaban J connectivity index is 1.72. The van der Waals surface area contributed by atoms with Gasteiger partial charge in [-0.25, -0.2) is 4.98 Å². The van der Waals surface area contributed by atoms with Crippen molar-refractivity contribution in [2.45, 2.75) is 43.7 Å². The maximum Gasteiger partial charge on any atom is 0.236 e. The summed E-state index contributed by atoms with van der Waals surface area (Å²) in [5, 5.41) is 0. The zero-order chi connectivity index (χ0) is 12.4. The molecule has 0 spiro atoms. The second-order valence-corrected chi connectivity index (χ2v) is 5.10. The first-order chi connectivity index (χ1) is 8.83. The molecule has 2 aliphatic rings. The Morgan fingerprint density at radius 1 is 1.17 bits per heavy atom. The molecule has 1 aromatic rings. The van der Waals surface area contributed by atoms with Gasteiger partial charge in [0.2, 0.25) is 5.88 Å². The minimum atomic E-state index is 0.218. The van der Waals surface area contributed by atoms with Crippen LogP contribution in [0.25, 0.3) is 0 Å². The van der Waals surface area contributed by atoms with Gasteiger partial charge in [0.05, 0.1) is 0 Å². The predicted octanol–water partition coefficient (Wildman–Crippen LogP) is 1.24. The number of aromatic nitrogens is 2. The molecular weight excluding hydrogens is 230 g/mol. The summed E-state index contributed by atoms with van der Waals surface area (Å²) in [4.78, 5) is 8.79. The van der Waals surface area contributed by atoms with Crippen molar-refractivity contribution in [1.82, 2.24) is 9.97 Å². The van der Waals surface area contributed by atoms with Gasteiger partial charge in [0.1, 0.15) is 11.8 Å². The van der Waals surface area contributed by atoms with Crippen LogP contribution in [0.1, 0.15) is 37.3 Å². The Kier molecular flexibility index (Phi) is 3.43. The maximum absolute atomic E-state index is 5.91. The highest BCUT2D eigenvalue weighted by molar-refractivity contribution is 5.23. The largest absolute Gasteiger partial charge is 0.473 e. The van der Waals surface area contributed by atoms with Gasteiger partial charge in [-0.05, 0) is 25.7 Å². The van der Waals surface area contributed by atoms with Gasteiger partial charge < -0.3 is 15.2 Å². The summed E-state index contributed by atoms with van der Waals surface area (Å²) in [5.74, 6) is 1.11. The van der Waals surface area contributed by atoms with Crippen LogP contribution in [0.5, 0.6) is 5.88 Å². The van der Waals surface area contributed by atoms with Gasteiger partial charge in [-0.15, -0.1) is 0 Å². The number of nitrogens with zero attached hydrogens (tertiary/aromatic N) is 2. The molecule has 5 heteroatoms. The fourth-order valence-corrected chi connectivity index (χ4v) is 2.54. The Bertz CT molecular complexity index is 401. The molecule has 1 saturated carbocycles. The van der Waals surface area contributed by atoms with E-state index in [1.165, 1.54) is 0 Å². The fourth-order valence-electron chi connectivity index (χ4n) is 2.54. The van der Waals surface area contributed by atoms with Gasteiger partial charge in [-0.3, -0.25) is 4.98 Å². The van der Waals surface area contributed by atoms with Crippen LogP contribution >= 0.6 is 0 Å². The van der Waals surface area contributed by atoms with E-state index in [1.807, 2.05) is 0 Å². The number of hydrogen-bond acceptors (Lipinski definition) is 5. The lowest BCUT2D eigenvalue weighted by molar-refractivity contribution is 0.0764. The number of rotatable bonds is 3.